The van der Waals surface area contributed by atoms with E-state index in [0.717, 1.165) is 12.8 Å². The highest BCUT2D eigenvalue weighted by Gasteiger charge is 2.28. The van der Waals surface area contributed by atoms with E-state index in [-0.39, 0.29) is 18.2 Å². The summed E-state index contributed by atoms with van der Waals surface area (Å²) in [4.78, 5) is 21.4. The molecule has 0 saturated heterocycles. The standard InChI is InChI=1S/C21H22FN7O2/c1-21(2,31)18(22)10-26-20(30)15-8-24-16(5-17(15)28-13-3-4-13)14-9-27-29-11-12(6-23)7-25-19(14)29/h5,7-9,11,13,18,31H,3-4,10H2,1-2H3,(H,24,28)(H,26,30). The van der Waals surface area contributed by atoms with Crippen molar-refractivity contribution in [3.05, 3.63) is 42.0 Å². The van der Waals surface area contributed by atoms with E-state index in [1.54, 1.807) is 18.5 Å². The van der Waals surface area contributed by atoms with Gasteiger partial charge in [-0.25, -0.2) is 13.9 Å². The number of pyridine rings is 1. The maximum absolute atomic E-state index is 14.0. The Morgan fingerprint density at radius 3 is 2.84 bits per heavy atom. The van der Waals surface area contributed by atoms with Crippen LogP contribution in [0.2, 0.25) is 0 Å². The lowest BCUT2D eigenvalue weighted by molar-refractivity contribution is -0.00177. The van der Waals surface area contributed by atoms with Crippen LogP contribution < -0.4 is 10.6 Å². The van der Waals surface area contributed by atoms with Crippen LogP contribution in [0.4, 0.5) is 10.1 Å². The summed E-state index contributed by atoms with van der Waals surface area (Å²) < 4.78 is 15.5. The van der Waals surface area contributed by atoms with Crippen molar-refractivity contribution < 1.29 is 14.3 Å². The predicted molar refractivity (Wildman–Crippen MR) is 111 cm³/mol. The number of nitrogens with one attached hydrogen (secondary N) is 2. The second kappa shape index (κ2) is 7.92. The summed E-state index contributed by atoms with van der Waals surface area (Å²) in [7, 11) is 0. The van der Waals surface area contributed by atoms with Crippen LogP contribution in [0.25, 0.3) is 16.9 Å². The highest BCUT2D eigenvalue weighted by atomic mass is 19.1. The Labute approximate surface area is 177 Å². The molecule has 10 heteroatoms. The van der Waals surface area contributed by atoms with E-state index < -0.39 is 17.7 Å². The van der Waals surface area contributed by atoms with Crippen LogP contribution in [0.5, 0.6) is 0 Å². The Bertz CT molecular complexity index is 1170. The molecule has 1 atom stereocenters. The molecule has 1 aliphatic carbocycles. The number of nitrogens with zero attached hydrogens (tertiary/aromatic N) is 5. The average Bonchev–Trinajstić information content (AvgIpc) is 3.46. The second-order valence-electron chi connectivity index (χ2n) is 8.15. The molecule has 9 nitrogen and oxygen atoms in total. The van der Waals surface area contributed by atoms with E-state index in [1.807, 2.05) is 6.07 Å². The number of anilines is 1. The molecule has 0 aliphatic heterocycles. The van der Waals surface area contributed by atoms with Gasteiger partial charge in [0.15, 0.2) is 5.65 Å². The van der Waals surface area contributed by atoms with Crippen LogP contribution in [-0.4, -0.2) is 55.0 Å². The van der Waals surface area contributed by atoms with E-state index in [1.165, 1.54) is 30.8 Å². The number of hydrogen-bond acceptors (Lipinski definition) is 7. The first kappa shape index (κ1) is 20.7. The molecule has 3 aromatic heterocycles. The smallest absolute Gasteiger partial charge is 0.255 e. The summed E-state index contributed by atoms with van der Waals surface area (Å²) in [6.45, 7) is 2.39. The van der Waals surface area contributed by atoms with E-state index in [4.69, 9.17) is 5.26 Å². The van der Waals surface area contributed by atoms with Crippen molar-refractivity contribution in [1.29, 1.82) is 5.26 Å². The van der Waals surface area contributed by atoms with Gasteiger partial charge in [-0.2, -0.15) is 10.4 Å². The van der Waals surface area contributed by atoms with Crippen molar-refractivity contribution in [2.75, 3.05) is 11.9 Å². The summed E-state index contributed by atoms with van der Waals surface area (Å²) in [6.07, 6.45) is 6.46. The topological polar surface area (TPSA) is 128 Å². The lowest BCUT2D eigenvalue weighted by Crippen LogP contribution is -2.42. The van der Waals surface area contributed by atoms with Crippen molar-refractivity contribution in [3.8, 4) is 17.3 Å². The molecule has 1 aliphatic rings. The van der Waals surface area contributed by atoms with Crippen LogP contribution in [0.3, 0.4) is 0 Å². The maximum atomic E-state index is 14.0. The molecule has 0 spiro atoms. The van der Waals surface area contributed by atoms with Crippen LogP contribution in [0.15, 0.2) is 30.9 Å². The first-order chi connectivity index (χ1) is 14.8. The zero-order chi connectivity index (χ0) is 22.2. The van der Waals surface area contributed by atoms with Gasteiger partial charge in [0, 0.05) is 18.4 Å². The van der Waals surface area contributed by atoms with Gasteiger partial charge in [0.25, 0.3) is 5.91 Å². The fourth-order valence-electron chi connectivity index (χ4n) is 2.99. The monoisotopic (exact) mass is 423 g/mol. The van der Waals surface area contributed by atoms with E-state index >= 15 is 0 Å². The summed E-state index contributed by atoms with van der Waals surface area (Å²) in [5, 5.41) is 28.8. The van der Waals surface area contributed by atoms with Crippen molar-refractivity contribution >= 4 is 17.2 Å². The minimum absolute atomic E-state index is 0.271. The lowest BCUT2D eigenvalue weighted by atomic mass is 10.0. The number of fused-ring (bicyclic) bond motifs is 1. The van der Waals surface area contributed by atoms with Gasteiger partial charge in [0.05, 0.1) is 52.6 Å². The van der Waals surface area contributed by atoms with Gasteiger partial charge in [0.1, 0.15) is 12.2 Å². The zero-order valence-corrected chi connectivity index (χ0v) is 17.1. The van der Waals surface area contributed by atoms with Gasteiger partial charge in [0.2, 0.25) is 0 Å². The quantitative estimate of drug-likeness (QED) is 0.531. The lowest BCUT2D eigenvalue weighted by Gasteiger charge is -2.22. The molecule has 0 bridgehead atoms. The minimum Gasteiger partial charge on any atom is -0.387 e. The van der Waals surface area contributed by atoms with Gasteiger partial charge in [-0.1, -0.05) is 0 Å². The Morgan fingerprint density at radius 2 is 2.16 bits per heavy atom. The molecule has 1 unspecified atom stereocenters. The van der Waals surface area contributed by atoms with Crippen molar-refractivity contribution in [1.82, 2.24) is 24.9 Å². The molecule has 0 aromatic carbocycles. The molecule has 1 amide bonds. The molecular weight excluding hydrogens is 401 g/mol. The van der Waals surface area contributed by atoms with Crippen LogP contribution in [0, 0.1) is 11.3 Å². The Hall–Kier alpha value is -3.58. The number of carbonyl (C=O) groups excluding carboxylic acids is 1. The predicted octanol–water partition coefficient (Wildman–Crippen LogP) is 2.08. The molecule has 4 rings (SSSR count). The van der Waals surface area contributed by atoms with E-state index in [0.29, 0.717) is 28.2 Å². The van der Waals surface area contributed by atoms with Crippen molar-refractivity contribution in [2.24, 2.45) is 0 Å². The van der Waals surface area contributed by atoms with Gasteiger partial charge >= 0.3 is 0 Å². The first-order valence-electron chi connectivity index (χ1n) is 9.91. The second-order valence-corrected chi connectivity index (χ2v) is 8.15. The molecule has 3 N–H and O–H groups in total. The summed E-state index contributed by atoms with van der Waals surface area (Å²) in [5.41, 5.74) is 1.45. The van der Waals surface area contributed by atoms with Gasteiger partial charge < -0.3 is 15.7 Å². The van der Waals surface area contributed by atoms with E-state index in [2.05, 4.69) is 25.7 Å². The minimum atomic E-state index is -1.60. The number of alkyl halides is 1. The van der Waals surface area contributed by atoms with E-state index in [9.17, 15) is 14.3 Å². The Balaban J connectivity index is 1.63. The van der Waals surface area contributed by atoms with Gasteiger partial charge in [-0.05, 0) is 32.8 Å². The number of amides is 1. The van der Waals surface area contributed by atoms with Crippen LogP contribution >= 0.6 is 0 Å². The number of aliphatic hydroxyl groups is 1. The number of carbonyl (C=O) groups is 1. The third kappa shape index (κ3) is 4.46. The molecule has 160 valence electrons. The highest BCUT2D eigenvalue weighted by Crippen LogP contribution is 2.30. The van der Waals surface area contributed by atoms with Crippen LogP contribution in [0.1, 0.15) is 42.6 Å². The Kier molecular flexibility index (Phi) is 5.29. The zero-order valence-electron chi connectivity index (χ0n) is 17.1. The number of hydrogen-bond donors (Lipinski definition) is 3. The largest absolute Gasteiger partial charge is 0.387 e. The van der Waals surface area contributed by atoms with Crippen molar-refractivity contribution in [2.45, 2.75) is 44.5 Å². The number of nitriles is 1. The first-order valence-corrected chi connectivity index (χ1v) is 9.91. The number of halogens is 1. The molecule has 1 fully saturated rings. The normalized spacial score (nSPS) is 14.8. The molecule has 0 radical (unpaired) electrons. The molecule has 3 heterocycles. The van der Waals surface area contributed by atoms with Gasteiger partial charge in [-0.15, -0.1) is 0 Å². The highest BCUT2D eigenvalue weighted by molar-refractivity contribution is 6.00. The van der Waals surface area contributed by atoms with Crippen LogP contribution in [-0.2, 0) is 0 Å². The number of rotatable bonds is 7. The molecule has 1 saturated carbocycles. The maximum Gasteiger partial charge on any atom is 0.255 e. The average molecular weight is 423 g/mol. The van der Waals surface area contributed by atoms with Gasteiger partial charge in [-0.3, -0.25) is 9.78 Å². The molecule has 3 aromatic rings. The molecule has 31 heavy (non-hydrogen) atoms. The third-order valence-electron chi connectivity index (χ3n) is 5.06. The fourth-order valence-corrected chi connectivity index (χ4v) is 2.99. The Morgan fingerprint density at radius 1 is 1.39 bits per heavy atom. The van der Waals surface area contributed by atoms with Crippen molar-refractivity contribution in [3.63, 3.8) is 0 Å². The summed E-state index contributed by atoms with van der Waals surface area (Å²) >= 11 is 0. The number of aromatic nitrogens is 4. The summed E-state index contributed by atoms with van der Waals surface area (Å²) in [6, 6.07) is 4.03. The fraction of sp³-hybridized carbons (Fsp3) is 0.381. The third-order valence-corrected chi connectivity index (χ3v) is 5.06. The summed E-state index contributed by atoms with van der Waals surface area (Å²) in [5.74, 6) is -0.481. The molecular formula is C21H22FN7O2. The SMILES string of the molecule is CC(C)(O)C(F)CNC(=O)c1cnc(-c2cnn3cc(C#N)cnc23)cc1NC1CC1.